The highest BCUT2D eigenvalue weighted by molar-refractivity contribution is 5.75. The SMILES string of the molecule is C=C(Nc1cn(C=C(C)C)c(C(=C)C)n1)c1ccc(N(CCC)CCN)cc1. The normalized spacial score (nSPS) is 10.5. The predicted molar refractivity (Wildman–Crippen MR) is 123 cm³/mol. The molecule has 2 aromatic rings. The first kappa shape index (κ1) is 21.5. The minimum atomic E-state index is 0.648. The van der Waals surface area contributed by atoms with Crippen molar-refractivity contribution in [2.75, 3.05) is 29.9 Å². The number of allylic oxidation sites excluding steroid dienone is 2. The Morgan fingerprint density at radius 3 is 2.39 bits per heavy atom. The highest BCUT2D eigenvalue weighted by Crippen LogP contribution is 2.23. The van der Waals surface area contributed by atoms with Crippen LogP contribution < -0.4 is 16.0 Å². The van der Waals surface area contributed by atoms with Gasteiger partial charge < -0.3 is 20.5 Å². The fraction of sp³-hybridized carbons (Fsp3) is 0.348. The van der Waals surface area contributed by atoms with E-state index in [1.807, 2.05) is 23.9 Å². The topological polar surface area (TPSA) is 59.1 Å². The van der Waals surface area contributed by atoms with Crippen LogP contribution in [0.25, 0.3) is 17.5 Å². The van der Waals surface area contributed by atoms with Gasteiger partial charge in [0.25, 0.3) is 0 Å². The summed E-state index contributed by atoms with van der Waals surface area (Å²) in [6.45, 7) is 19.0. The molecule has 0 amide bonds. The van der Waals surface area contributed by atoms with Crippen molar-refractivity contribution in [3.8, 4) is 0 Å². The van der Waals surface area contributed by atoms with Gasteiger partial charge in [0.15, 0.2) is 0 Å². The van der Waals surface area contributed by atoms with Gasteiger partial charge in [0.2, 0.25) is 0 Å². The molecule has 0 aliphatic rings. The smallest absolute Gasteiger partial charge is 0.149 e. The van der Waals surface area contributed by atoms with Crippen LogP contribution in [-0.2, 0) is 0 Å². The second-order valence-corrected chi connectivity index (χ2v) is 7.27. The molecule has 0 bridgehead atoms. The van der Waals surface area contributed by atoms with Gasteiger partial charge in [-0.25, -0.2) is 4.98 Å². The molecule has 0 radical (unpaired) electrons. The largest absolute Gasteiger partial charge is 0.370 e. The average molecular weight is 380 g/mol. The van der Waals surface area contributed by atoms with Crippen LogP contribution in [0, 0.1) is 0 Å². The highest BCUT2D eigenvalue weighted by Gasteiger charge is 2.10. The first-order chi connectivity index (χ1) is 13.3. The summed E-state index contributed by atoms with van der Waals surface area (Å²) < 4.78 is 1.99. The van der Waals surface area contributed by atoms with E-state index in [-0.39, 0.29) is 0 Å². The maximum absolute atomic E-state index is 5.74. The number of anilines is 2. The standard InChI is InChI=1S/C23H33N5/c1-7-13-27(14-12-24)21-10-8-20(9-11-21)19(6)25-22-16-28(15-17(2)3)23(26-22)18(4)5/h8-11,15-16,25H,4,6-7,12-14,24H2,1-3,5H3. The fourth-order valence-electron chi connectivity index (χ4n) is 3.04. The number of hydrogen-bond acceptors (Lipinski definition) is 4. The Labute approximate surface area is 169 Å². The molecule has 1 aromatic heterocycles. The number of imidazole rings is 1. The monoisotopic (exact) mass is 379 g/mol. The predicted octanol–water partition coefficient (Wildman–Crippen LogP) is 5.05. The van der Waals surface area contributed by atoms with E-state index in [0.29, 0.717) is 6.54 Å². The van der Waals surface area contributed by atoms with Gasteiger partial charge in [-0.15, -0.1) is 0 Å². The minimum absolute atomic E-state index is 0.648. The number of aromatic nitrogens is 2. The summed E-state index contributed by atoms with van der Waals surface area (Å²) in [7, 11) is 0. The number of hydrogen-bond donors (Lipinski definition) is 2. The molecule has 0 spiro atoms. The van der Waals surface area contributed by atoms with E-state index in [0.717, 1.165) is 48.0 Å². The molecule has 5 heteroatoms. The van der Waals surface area contributed by atoms with Crippen molar-refractivity contribution in [1.82, 2.24) is 9.55 Å². The van der Waals surface area contributed by atoms with E-state index in [4.69, 9.17) is 5.73 Å². The van der Waals surface area contributed by atoms with Gasteiger partial charge in [0, 0.05) is 37.2 Å². The zero-order chi connectivity index (χ0) is 20.7. The second kappa shape index (κ2) is 9.95. The number of nitrogens with zero attached hydrogens (tertiary/aromatic N) is 3. The van der Waals surface area contributed by atoms with Crippen molar-refractivity contribution in [2.45, 2.75) is 34.1 Å². The number of nitrogens with two attached hydrogens (primary N) is 1. The van der Waals surface area contributed by atoms with E-state index in [1.54, 1.807) is 0 Å². The zero-order valence-corrected chi connectivity index (χ0v) is 17.6. The third-order valence-corrected chi connectivity index (χ3v) is 4.26. The molecule has 28 heavy (non-hydrogen) atoms. The Bertz CT molecular complexity index is 832. The maximum atomic E-state index is 5.74. The van der Waals surface area contributed by atoms with Crippen LogP contribution in [0.15, 0.2) is 49.2 Å². The highest BCUT2D eigenvalue weighted by atomic mass is 15.1. The van der Waals surface area contributed by atoms with Gasteiger partial charge >= 0.3 is 0 Å². The van der Waals surface area contributed by atoms with Crippen molar-refractivity contribution in [1.29, 1.82) is 0 Å². The molecule has 0 saturated carbocycles. The van der Waals surface area contributed by atoms with Crippen molar-refractivity contribution < 1.29 is 0 Å². The average Bonchev–Trinajstić information content (AvgIpc) is 3.03. The summed E-state index contributed by atoms with van der Waals surface area (Å²) >= 11 is 0. The van der Waals surface area contributed by atoms with Gasteiger partial charge in [0.05, 0.1) is 6.20 Å². The summed E-state index contributed by atoms with van der Waals surface area (Å²) in [5.74, 6) is 1.59. The van der Waals surface area contributed by atoms with Crippen LogP contribution in [0.5, 0.6) is 0 Å². The molecule has 0 fully saturated rings. The Kier molecular flexibility index (Phi) is 7.64. The number of nitrogens with one attached hydrogen (secondary N) is 1. The molecule has 0 aliphatic carbocycles. The number of benzene rings is 1. The lowest BCUT2D eigenvalue weighted by Gasteiger charge is -2.24. The second-order valence-electron chi connectivity index (χ2n) is 7.27. The molecule has 3 N–H and O–H groups in total. The molecular weight excluding hydrogens is 346 g/mol. The van der Waals surface area contributed by atoms with Crippen LogP contribution in [0.4, 0.5) is 11.5 Å². The maximum Gasteiger partial charge on any atom is 0.149 e. The van der Waals surface area contributed by atoms with Crippen molar-refractivity contribution in [2.24, 2.45) is 5.73 Å². The lowest BCUT2D eigenvalue weighted by Crippen LogP contribution is -2.30. The third kappa shape index (κ3) is 5.60. The van der Waals surface area contributed by atoms with Crippen LogP contribution in [0.3, 0.4) is 0 Å². The van der Waals surface area contributed by atoms with Gasteiger partial charge in [-0.2, -0.15) is 0 Å². The van der Waals surface area contributed by atoms with Crippen LogP contribution >= 0.6 is 0 Å². The van der Waals surface area contributed by atoms with E-state index >= 15 is 0 Å². The first-order valence-electron chi connectivity index (χ1n) is 9.76. The summed E-state index contributed by atoms with van der Waals surface area (Å²) in [6, 6.07) is 8.40. The molecular formula is C23H33N5. The first-order valence-corrected chi connectivity index (χ1v) is 9.76. The Morgan fingerprint density at radius 1 is 1.18 bits per heavy atom. The van der Waals surface area contributed by atoms with Crippen molar-refractivity contribution in [3.05, 3.63) is 60.6 Å². The van der Waals surface area contributed by atoms with Gasteiger partial charge in [-0.05, 0) is 50.5 Å². The Balaban J connectivity index is 2.17. The van der Waals surface area contributed by atoms with Gasteiger partial charge in [-0.3, -0.25) is 0 Å². The van der Waals surface area contributed by atoms with Crippen molar-refractivity contribution in [3.63, 3.8) is 0 Å². The lowest BCUT2D eigenvalue weighted by atomic mass is 10.1. The molecule has 2 rings (SSSR count). The van der Waals surface area contributed by atoms with Gasteiger partial charge in [-0.1, -0.05) is 37.8 Å². The molecule has 0 unspecified atom stereocenters. The molecule has 1 heterocycles. The molecule has 0 aliphatic heterocycles. The molecule has 0 saturated heterocycles. The quantitative estimate of drug-likeness (QED) is 0.606. The van der Waals surface area contributed by atoms with Crippen molar-refractivity contribution >= 4 is 29.0 Å². The summed E-state index contributed by atoms with van der Waals surface area (Å²) in [4.78, 5) is 6.95. The van der Waals surface area contributed by atoms with Crippen LogP contribution in [0.1, 0.15) is 45.5 Å². The van der Waals surface area contributed by atoms with Crippen LogP contribution in [-0.4, -0.2) is 29.2 Å². The zero-order valence-electron chi connectivity index (χ0n) is 17.6. The van der Waals surface area contributed by atoms with E-state index < -0.39 is 0 Å². The van der Waals surface area contributed by atoms with Gasteiger partial charge in [0.1, 0.15) is 11.6 Å². The molecule has 5 nitrogen and oxygen atoms in total. The summed E-state index contributed by atoms with van der Waals surface area (Å²) in [5, 5.41) is 3.32. The third-order valence-electron chi connectivity index (χ3n) is 4.26. The molecule has 150 valence electrons. The Morgan fingerprint density at radius 2 is 1.86 bits per heavy atom. The lowest BCUT2D eigenvalue weighted by molar-refractivity contribution is 0.762. The number of rotatable bonds is 10. The molecule has 1 aromatic carbocycles. The van der Waals surface area contributed by atoms with E-state index in [1.165, 1.54) is 11.3 Å². The minimum Gasteiger partial charge on any atom is -0.370 e. The molecule has 0 atom stereocenters. The van der Waals surface area contributed by atoms with E-state index in [2.05, 4.69) is 73.4 Å². The summed E-state index contributed by atoms with van der Waals surface area (Å²) in [6.07, 6.45) is 5.09. The fourth-order valence-corrected chi connectivity index (χ4v) is 3.04. The Hall–Kier alpha value is -2.79. The van der Waals surface area contributed by atoms with E-state index in [9.17, 15) is 0 Å². The van der Waals surface area contributed by atoms with Crippen LogP contribution in [0.2, 0.25) is 0 Å². The summed E-state index contributed by atoms with van der Waals surface area (Å²) in [5.41, 5.74) is 10.9.